The number of anilines is 5. The summed E-state index contributed by atoms with van der Waals surface area (Å²) < 4.78 is 5.42. The van der Waals surface area contributed by atoms with Crippen molar-refractivity contribution in [2.24, 2.45) is 0 Å². The average Bonchev–Trinajstić information content (AvgIpc) is 2.62. The summed E-state index contributed by atoms with van der Waals surface area (Å²) >= 11 is 5.83. The fourth-order valence-corrected chi connectivity index (χ4v) is 2.22. The molecule has 0 aliphatic carbocycles. The Hall–Kier alpha value is -3.06. The largest absolute Gasteiger partial charge is 0.494 e. The van der Waals surface area contributed by atoms with Crippen molar-refractivity contribution < 1.29 is 4.74 Å². The number of hydrogen-bond acceptors (Lipinski definition) is 7. The molecule has 0 bridgehead atoms. The zero-order chi connectivity index (χ0) is 17.6. The summed E-state index contributed by atoms with van der Waals surface area (Å²) in [6.45, 7) is 2.57. The number of nitrogens with one attached hydrogen (secondary N) is 2. The molecule has 4 N–H and O–H groups in total. The minimum atomic E-state index is 0.383. The third-order valence-corrected chi connectivity index (χ3v) is 3.51. The first-order valence-corrected chi connectivity index (χ1v) is 8.02. The SMILES string of the molecule is CCOc1ccc(Nc2ncnc(Nc3ccc(Cl)cn3)c2N)cc1. The van der Waals surface area contributed by atoms with Gasteiger partial charge in [-0.1, -0.05) is 11.6 Å². The Morgan fingerprint density at radius 3 is 2.36 bits per heavy atom. The summed E-state index contributed by atoms with van der Waals surface area (Å²) in [6, 6.07) is 11.0. The van der Waals surface area contributed by atoms with Crippen LogP contribution in [0.5, 0.6) is 5.75 Å². The van der Waals surface area contributed by atoms with Gasteiger partial charge >= 0.3 is 0 Å². The number of hydrogen-bond donors (Lipinski definition) is 3. The highest BCUT2D eigenvalue weighted by molar-refractivity contribution is 6.30. The molecule has 7 nitrogen and oxygen atoms in total. The van der Waals surface area contributed by atoms with Crippen LogP contribution in [0.25, 0.3) is 0 Å². The van der Waals surface area contributed by atoms with Crippen LogP contribution in [-0.2, 0) is 0 Å². The number of rotatable bonds is 6. The second kappa shape index (κ2) is 7.67. The molecule has 0 radical (unpaired) electrons. The van der Waals surface area contributed by atoms with E-state index in [0.29, 0.717) is 34.8 Å². The molecule has 25 heavy (non-hydrogen) atoms. The first kappa shape index (κ1) is 16.8. The van der Waals surface area contributed by atoms with E-state index in [1.807, 2.05) is 31.2 Å². The second-order valence-electron chi connectivity index (χ2n) is 5.05. The number of nitrogens with two attached hydrogens (primary N) is 1. The van der Waals surface area contributed by atoms with E-state index in [9.17, 15) is 0 Å². The molecule has 0 aliphatic heterocycles. The molecular weight excluding hydrogens is 340 g/mol. The lowest BCUT2D eigenvalue weighted by molar-refractivity contribution is 0.340. The van der Waals surface area contributed by atoms with E-state index in [-0.39, 0.29) is 0 Å². The Labute approximate surface area is 150 Å². The Bertz CT molecular complexity index is 839. The summed E-state index contributed by atoms with van der Waals surface area (Å²) in [6.07, 6.45) is 2.96. The van der Waals surface area contributed by atoms with Crippen LogP contribution in [0.2, 0.25) is 5.02 Å². The van der Waals surface area contributed by atoms with Gasteiger partial charge in [0.1, 0.15) is 23.6 Å². The third-order valence-electron chi connectivity index (χ3n) is 3.29. The highest BCUT2D eigenvalue weighted by Crippen LogP contribution is 2.28. The maximum absolute atomic E-state index is 6.16. The Morgan fingerprint density at radius 2 is 1.72 bits per heavy atom. The van der Waals surface area contributed by atoms with E-state index in [0.717, 1.165) is 11.4 Å². The van der Waals surface area contributed by atoms with Gasteiger partial charge in [0.25, 0.3) is 0 Å². The molecule has 0 aliphatic rings. The second-order valence-corrected chi connectivity index (χ2v) is 5.49. The van der Waals surface area contributed by atoms with E-state index >= 15 is 0 Å². The summed E-state index contributed by atoms with van der Waals surface area (Å²) in [4.78, 5) is 12.5. The maximum Gasteiger partial charge on any atom is 0.160 e. The van der Waals surface area contributed by atoms with Gasteiger partial charge in [0.15, 0.2) is 11.6 Å². The number of halogens is 1. The monoisotopic (exact) mass is 356 g/mol. The molecule has 8 heteroatoms. The quantitative estimate of drug-likeness (QED) is 0.614. The van der Waals surface area contributed by atoms with Crippen LogP contribution >= 0.6 is 11.6 Å². The average molecular weight is 357 g/mol. The van der Waals surface area contributed by atoms with Crippen molar-refractivity contribution in [1.29, 1.82) is 0 Å². The van der Waals surface area contributed by atoms with Crippen LogP contribution in [-0.4, -0.2) is 21.6 Å². The van der Waals surface area contributed by atoms with Crippen LogP contribution in [0.15, 0.2) is 48.9 Å². The van der Waals surface area contributed by atoms with Gasteiger partial charge in [0.2, 0.25) is 0 Å². The van der Waals surface area contributed by atoms with Gasteiger partial charge in [-0.2, -0.15) is 0 Å². The molecule has 0 unspecified atom stereocenters. The van der Waals surface area contributed by atoms with Gasteiger partial charge in [-0.3, -0.25) is 0 Å². The Kier molecular flexibility index (Phi) is 5.15. The fourth-order valence-electron chi connectivity index (χ4n) is 2.10. The summed E-state index contributed by atoms with van der Waals surface area (Å²) in [5.41, 5.74) is 7.38. The lowest BCUT2D eigenvalue weighted by Crippen LogP contribution is -2.05. The van der Waals surface area contributed by atoms with Crippen molar-refractivity contribution in [2.45, 2.75) is 6.92 Å². The number of aromatic nitrogens is 3. The first-order chi connectivity index (χ1) is 12.2. The van der Waals surface area contributed by atoms with Gasteiger partial charge in [-0.05, 0) is 43.3 Å². The van der Waals surface area contributed by atoms with Crippen molar-refractivity contribution in [3.05, 3.63) is 53.9 Å². The molecule has 0 saturated carbocycles. The lowest BCUT2D eigenvalue weighted by Gasteiger charge is -2.12. The van der Waals surface area contributed by atoms with Gasteiger partial charge < -0.3 is 21.1 Å². The Balaban J connectivity index is 1.77. The zero-order valence-electron chi connectivity index (χ0n) is 13.5. The summed E-state index contributed by atoms with van der Waals surface area (Å²) in [5.74, 6) is 2.34. The molecule has 2 aromatic heterocycles. The predicted octanol–water partition coefficient (Wildman–Crippen LogP) is 3.99. The molecule has 1 aromatic carbocycles. The molecule has 128 valence electrons. The fraction of sp³-hybridized carbons (Fsp3) is 0.118. The van der Waals surface area contributed by atoms with Crippen molar-refractivity contribution in [3.8, 4) is 5.75 Å². The van der Waals surface area contributed by atoms with Gasteiger partial charge in [-0.15, -0.1) is 0 Å². The van der Waals surface area contributed by atoms with E-state index in [4.69, 9.17) is 22.1 Å². The van der Waals surface area contributed by atoms with E-state index < -0.39 is 0 Å². The molecule has 0 fully saturated rings. The summed E-state index contributed by atoms with van der Waals surface area (Å²) in [5, 5.41) is 6.76. The standard InChI is InChI=1S/C17H17ClN6O/c1-2-25-13-6-4-12(5-7-13)23-16-15(19)17(22-10-21-16)24-14-8-3-11(18)9-20-14/h3-10H,2,19H2,1H3,(H2,20,21,22,23,24). The predicted molar refractivity (Wildman–Crippen MR) is 99.9 cm³/mol. The molecular formula is C17H17ClN6O. The lowest BCUT2D eigenvalue weighted by atomic mass is 10.3. The number of pyridine rings is 1. The van der Waals surface area contributed by atoms with E-state index in [2.05, 4.69) is 25.6 Å². The van der Waals surface area contributed by atoms with E-state index in [1.165, 1.54) is 6.33 Å². The zero-order valence-corrected chi connectivity index (χ0v) is 14.3. The molecule has 0 saturated heterocycles. The highest BCUT2D eigenvalue weighted by atomic mass is 35.5. The highest BCUT2D eigenvalue weighted by Gasteiger charge is 2.09. The number of nitrogen functional groups attached to an aromatic ring is 1. The van der Waals surface area contributed by atoms with Gasteiger partial charge in [0.05, 0.1) is 11.6 Å². The van der Waals surface area contributed by atoms with E-state index in [1.54, 1.807) is 18.3 Å². The van der Waals surface area contributed by atoms with Crippen LogP contribution in [0.4, 0.5) is 28.8 Å². The van der Waals surface area contributed by atoms with Crippen LogP contribution in [0.1, 0.15) is 6.92 Å². The summed E-state index contributed by atoms with van der Waals surface area (Å²) in [7, 11) is 0. The molecule has 2 heterocycles. The minimum absolute atomic E-state index is 0.383. The maximum atomic E-state index is 6.16. The Morgan fingerprint density at radius 1 is 1.00 bits per heavy atom. The normalized spacial score (nSPS) is 10.3. The number of nitrogens with zero attached hydrogens (tertiary/aromatic N) is 3. The smallest absolute Gasteiger partial charge is 0.160 e. The van der Waals surface area contributed by atoms with Gasteiger partial charge in [-0.25, -0.2) is 15.0 Å². The molecule has 0 amide bonds. The number of benzene rings is 1. The van der Waals surface area contributed by atoms with Crippen LogP contribution in [0, 0.1) is 0 Å². The van der Waals surface area contributed by atoms with Crippen molar-refractivity contribution >= 4 is 40.4 Å². The van der Waals surface area contributed by atoms with Crippen molar-refractivity contribution in [3.63, 3.8) is 0 Å². The number of ether oxygens (including phenoxy) is 1. The van der Waals surface area contributed by atoms with Crippen LogP contribution in [0.3, 0.4) is 0 Å². The third kappa shape index (κ3) is 4.27. The van der Waals surface area contributed by atoms with Crippen molar-refractivity contribution in [2.75, 3.05) is 23.0 Å². The topological polar surface area (TPSA) is 98.0 Å². The van der Waals surface area contributed by atoms with Crippen LogP contribution < -0.4 is 21.1 Å². The van der Waals surface area contributed by atoms with Gasteiger partial charge in [0, 0.05) is 11.9 Å². The minimum Gasteiger partial charge on any atom is -0.494 e. The molecule has 0 atom stereocenters. The molecule has 3 aromatic rings. The first-order valence-electron chi connectivity index (χ1n) is 7.64. The molecule has 3 rings (SSSR count). The molecule has 0 spiro atoms. The van der Waals surface area contributed by atoms with Crippen molar-refractivity contribution in [1.82, 2.24) is 15.0 Å².